The molecule has 3 aliphatic heterocycles. The Labute approximate surface area is 317 Å². The topological polar surface area (TPSA) is 114 Å². The van der Waals surface area contributed by atoms with Gasteiger partial charge in [0.1, 0.15) is 11.4 Å². The fraction of sp³-hybridized carbons (Fsp3) is 0.275. The van der Waals surface area contributed by atoms with Crippen LogP contribution in [0.15, 0.2) is 78.9 Å². The molecular formula is C40H34F3N5O6S. The molecule has 0 bridgehead atoms. The van der Waals surface area contributed by atoms with Crippen molar-refractivity contribution in [2.75, 3.05) is 36.5 Å². The van der Waals surface area contributed by atoms with Gasteiger partial charge in [0.05, 0.1) is 18.4 Å². The zero-order valence-corrected chi connectivity index (χ0v) is 30.4. The van der Waals surface area contributed by atoms with Gasteiger partial charge in [-0.15, -0.1) is 11.3 Å². The summed E-state index contributed by atoms with van der Waals surface area (Å²) in [7, 11) is 1.55. The van der Waals surface area contributed by atoms with E-state index in [2.05, 4.69) is 5.10 Å². The third kappa shape index (κ3) is 6.95. The number of thiophene rings is 1. The van der Waals surface area contributed by atoms with Crippen molar-refractivity contribution < 1.29 is 41.8 Å². The van der Waals surface area contributed by atoms with Gasteiger partial charge in [-0.3, -0.25) is 14.4 Å². The average Bonchev–Trinajstić information content (AvgIpc) is 3.79. The number of rotatable bonds is 7. The van der Waals surface area contributed by atoms with Crippen LogP contribution in [0.25, 0.3) is 5.69 Å². The molecule has 2 aromatic heterocycles. The number of hydrogen-bond donors (Lipinski definition) is 0. The summed E-state index contributed by atoms with van der Waals surface area (Å²) in [5, 5.41) is 4.93. The quantitative estimate of drug-likeness (QED) is 0.162. The maximum Gasteiger partial charge on any atom is 0.416 e. The van der Waals surface area contributed by atoms with E-state index in [1.54, 1.807) is 52.1 Å². The van der Waals surface area contributed by atoms with E-state index in [0.717, 1.165) is 41.1 Å². The van der Waals surface area contributed by atoms with E-state index in [0.29, 0.717) is 60.1 Å². The van der Waals surface area contributed by atoms with Crippen LogP contribution in [0.4, 0.5) is 24.5 Å². The van der Waals surface area contributed by atoms with E-state index in [1.807, 2.05) is 24.3 Å². The first-order chi connectivity index (χ1) is 26.5. The molecule has 0 spiro atoms. The van der Waals surface area contributed by atoms with E-state index < -0.39 is 23.6 Å². The van der Waals surface area contributed by atoms with E-state index in [-0.39, 0.29) is 41.9 Å². The Morgan fingerprint density at radius 1 is 0.800 bits per heavy atom. The van der Waals surface area contributed by atoms with Crippen LogP contribution < -0.4 is 19.3 Å². The Morgan fingerprint density at radius 2 is 1.49 bits per heavy atom. The standard InChI is InChI=1S/C40H34F3N5O6S/c1-53-30-15-13-29(14-16-30)48-36-31(17-21-47(38(36)51)28-11-9-27(10-12-28)46-19-3-2-4-33(46)49)35(44-48)39(52)54-34-22-25-23-45(20-18-32(25)55-34)37(50)24-5-7-26(8-6-24)40(41,42)43/h5-16,22H,2-4,17-21,23H2,1H3. The minimum atomic E-state index is -4.50. The van der Waals surface area contributed by atoms with E-state index >= 15 is 0 Å². The second-order valence-electron chi connectivity index (χ2n) is 13.5. The minimum absolute atomic E-state index is 0.00302. The fourth-order valence-corrected chi connectivity index (χ4v) is 8.23. The SMILES string of the molecule is COc1ccc(-n2nc(C(=O)Oc3cc4c(s3)CCN(C(=O)c3ccc(C(F)(F)F)cc3)C4)c3c2C(=O)N(c2ccc(N4CCCCC4=O)cc2)CC3)cc1. The first-order valence-corrected chi connectivity index (χ1v) is 18.6. The molecule has 11 nitrogen and oxygen atoms in total. The Morgan fingerprint density at radius 3 is 2.16 bits per heavy atom. The maximum absolute atomic E-state index is 14.3. The lowest BCUT2D eigenvalue weighted by molar-refractivity contribution is -0.137. The molecule has 0 radical (unpaired) electrons. The van der Waals surface area contributed by atoms with Gasteiger partial charge in [0, 0.05) is 60.0 Å². The van der Waals surface area contributed by atoms with Gasteiger partial charge in [-0.2, -0.15) is 18.3 Å². The number of anilines is 2. The van der Waals surface area contributed by atoms with E-state index in [9.17, 15) is 32.3 Å². The maximum atomic E-state index is 14.3. The molecule has 0 saturated carbocycles. The number of methoxy groups -OCH3 is 1. The van der Waals surface area contributed by atoms with Crippen molar-refractivity contribution in [1.82, 2.24) is 14.7 Å². The summed E-state index contributed by atoms with van der Waals surface area (Å²) in [4.78, 5) is 59.7. The molecule has 0 unspecified atom stereocenters. The largest absolute Gasteiger partial charge is 0.497 e. The summed E-state index contributed by atoms with van der Waals surface area (Å²) in [6.45, 7) is 1.48. The van der Waals surface area contributed by atoms with Gasteiger partial charge in [-0.05, 0) is 110 Å². The molecule has 0 atom stereocenters. The number of amides is 3. The lowest BCUT2D eigenvalue weighted by atomic mass is 10.0. The molecule has 3 aromatic carbocycles. The number of ether oxygens (including phenoxy) is 2. The summed E-state index contributed by atoms with van der Waals surface area (Å²) >= 11 is 1.27. The highest BCUT2D eigenvalue weighted by molar-refractivity contribution is 7.14. The van der Waals surface area contributed by atoms with Crippen molar-refractivity contribution >= 4 is 46.4 Å². The average molecular weight is 770 g/mol. The summed E-state index contributed by atoms with van der Waals surface area (Å²) in [6, 6.07) is 20.1. The van der Waals surface area contributed by atoms with Gasteiger partial charge < -0.3 is 24.2 Å². The second kappa shape index (κ2) is 14.4. The highest BCUT2D eigenvalue weighted by Gasteiger charge is 2.37. The van der Waals surface area contributed by atoms with Gasteiger partial charge in [0.2, 0.25) is 5.91 Å². The van der Waals surface area contributed by atoms with Crippen molar-refractivity contribution in [2.45, 2.75) is 44.8 Å². The van der Waals surface area contributed by atoms with Crippen molar-refractivity contribution in [3.05, 3.63) is 117 Å². The van der Waals surface area contributed by atoms with E-state index in [4.69, 9.17) is 9.47 Å². The Kier molecular flexibility index (Phi) is 9.41. The van der Waals surface area contributed by atoms with Gasteiger partial charge in [-0.25, -0.2) is 9.48 Å². The van der Waals surface area contributed by atoms with Crippen LogP contribution in [0.1, 0.15) is 72.2 Å². The first-order valence-electron chi connectivity index (χ1n) is 17.8. The van der Waals surface area contributed by atoms with Crippen LogP contribution in [0.5, 0.6) is 10.8 Å². The van der Waals surface area contributed by atoms with Gasteiger partial charge >= 0.3 is 12.1 Å². The lowest BCUT2D eigenvalue weighted by Crippen LogP contribution is -2.39. The summed E-state index contributed by atoms with van der Waals surface area (Å²) in [5.41, 5.74) is 2.72. The monoisotopic (exact) mass is 769 g/mol. The third-order valence-corrected chi connectivity index (χ3v) is 11.2. The molecule has 3 amide bonds. The van der Waals surface area contributed by atoms with Crippen LogP contribution in [-0.2, 0) is 30.4 Å². The van der Waals surface area contributed by atoms with Crippen molar-refractivity contribution in [3.63, 3.8) is 0 Å². The molecule has 8 rings (SSSR count). The number of carbonyl (C=O) groups excluding carboxylic acids is 4. The number of aromatic nitrogens is 2. The molecule has 5 aromatic rings. The first kappa shape index (κ1) is 36.0. The molecule has 3 aliphatic rings. The molecule has 15 heteroatoms. The Bertz CT molecular complexity index is 2300. The number of benzene rings is 3. The number of alkyl halides is 3. The smallest absolute Gasteiger partial charge is 0.416 e. The number of esters is 1. The lowest BCUT2D eigenvalue weighted by Gasteiger charge is -2.29. The highest BCUT2D eigenvalue weighted by Crippen LogP contribution is 2.36. The number of hydrogen-bond acceptors (Lipinski definition) is 8. The summed E-state index contributed by atoms with van der Waals surface area (Å²) in [5.74, 6) is -0.805. The number of piperidine rings is 1. The number of nitrogens with zero attached hydrogens (tertiary/aromatic N) is 5. The molecule has 1 fully saturated rings. The zero-order chi connectivity index (χ0) is 38.4. The molecule has 5 heterocycles. The highest BCUT2D eigenvalue weighted by atomic mass is 32.1. The minimum Gasteiger partial charge on any atom is -0.497 e. The van der Waals surface area contributed by atoms with Crippen molar-refractivity contribution in [1.29, 1.82) is 0 Å². The molecule has 0 N–H and O–H groups in total. The second-order valence-corrected chi connectivity index (χ2v) is 14.6. The normalized spacial score (nSPS) is 15.8. The predicted octanol–water partition coefficient (Wildman–Crippen LogP) is 7.10. The van der Waals surface area contributed by atoms with Gasteiger partial charge in [0.25, 0.3) is 11.8 Å². The molecule has 55 heavy (non-hydrogen) atoms. The number of fused-ring (bicyclic) bond motifs is 2. The van der Waals surface area contributed by atoms with Crippen LogP contribution in [0, 0.1) is 0 Å². The van der Waals surface area contributed by atoms with Gasteiger partial charge in [0.15, 0.2) is 10.8 Å². The van der Waals surface area contributed by atoms with Crippen molar-refractivity contribution in [3.8, 4) is 16.5 Å². The Hall–Kier alpha value is -5.96. The molecule has 282 valence electrons. The summed E-state index contributed by atoms with van der Waals surface area (Å²) in [6.07, 6.45) is -1.38. The van der Waals surface area contributed by atoms with Gasteiger partial charge in [-0.1, -0.05) is 0 Å². The third-order valence-electron chi connectivity index (χ3n) is 10.1. The molecule has 0 aliphatic carbocycles. The van der Waals surface area contributed by atoms with Crippen molar-refractivity contribution in [2.24, 2.45) is 0 Å². The number of halogens is 3. The predicted molar refractivity (Wildman–Crippen MR) is 197 cm³/mol. The fourth-order valence-electron chi connectivity index (χ4n) is 7.23. The number of carbonyl (C=O) groups is 4. The van der Waals surface area contributed by atoms with Crippen LogP contribution in [0.2, 0.25) is 0 Å². The molecule has 1 saturated heterocycles. The Balaban J connectivity index is 1.03. The van der Waals surface area contributed by atoms with Crippen LogP contribution in [0.3, 0.4) is 0 Å². The van der Waals surface area contributed by atoms with E-state index in [1.165, 1.54) is 28.2 Å². The molecular weight excluding hydrogens is 736 g/mol. The summed E-state index contributed by atoms with van der Waals surface area (Å²) < 4.78 is 51.7. The van der Waals surface area contributed by atoms with Crippen LogP contribution in [-0.4, -0.2) is 65.1 Å². The van der Waals surface area contributed by atoms with Crippen LogP contribution >= 0.6 is 11.3 Å². The zero-order valence-electron chi connectivity index (χ0n) is 29.6.